The number of pyridine rings is 1. The first-order valence-corrected chi connectivity index (χ1v) is 13.3. The fraction of sp³-hybridized carbons (Fsp3) is 0.481. The molecule has 3 aromatic rings. The van der Waals surface area contributed by atoms with Crippen LogP contribution in [0.1, 0.15) is 66.8 Å². The summed E-state index contributed by atoms with van der Waals surface area (Å²) in [6.07, 6.45) is 3.14. The number of aryl methyl sites for hydroxylation is 1. The van der Waals surface area contributed by atoms with E-state index in [-0.39, 0.29) is 29.2 Å². The van der Waals surface area contributed by atoms with Gasteiger partial charge in [-0.15, -0.1) is 10.2 Å². The molecule has 0 radical (unpaired) electrons. The molecule has 2 unspecified atom stereocenters. The lowest BCUT2D eigenvalue weighted by molar-refractivity contribution is -0.0265. The van der Waals surface area contributed by atoms with E-state index in [4.69, 9.17) is 4.74 Å². The maximum atomic E-state index is 13.4. The lowest BCUT2D eigenvalue weighted by Crippen LogP contribution is -2.52. The number of benzene rings is 1. The normalized spacial score (nSPS) is 23.3. The minimum atomic E-state index is -0.605. The minimum Gasteiger partial charge on any atom is -0.503 e. The van der Waals surface area contributed by atoms with Gasteiger partial charge in [0.25, 0.3) is 5.91 Å². The molecule has 1 fully saturated rings. The number of rotatable bonds is 7. The third-order valence-corrected chi connectivity index (χ3v) is 8.41. The van der Waals surface area contributed by atoms with Crippen molar-refractivity contribution in [3.8, 4) is 16.3 Å². The number of fused-ring (bicyclic) bond motifs is 1. The molecule has 2 aliphatic rings. The quantitative estimate of drug-likeness (QED) is 0.514. The molecule has 1 aromatic carbocycles. The SMILES string of the molecule is CCOC1([C@H]2CN(C(C)C)C(=O)c3c(O)c(=O)c(-c4nnc(Cc5ccc(C)cc5)s4)cn32)CC1C. The number of aromatic hydroxyl groups is 1. The number of hydrogen-bond acceptors (Lipinski definition) is 7. The minimum absolute atomic E-state index is 0.0243. The standard InChI is InChI=1S/C27H32N4O4S/c1-6-35-27(12-17(27)5)20-14-30(15(2)3)26(34)22-24(33)23(32)19(13-31(20)22)25-29-28-21(36-25)11-18-9-7-16(4)8-10-18/h7-10,13,15,17,20,33H,6,11-12,14H2,1-5H3/t17?,20-,27?/m1/s1. The third kappa shape index (κ3) is 4.04. The monoisotopic (exact) mass is 508 g/mol. The highest BCUT2D eigenvalue weighted by molar-refractivity contribution is 7.14. The molecule has 2 aromatic heterocycles. The second kappa shape index (κ2) is 9.12. The Balaban J connectivity index is 1.59. The van der Waals surface area contributed by atoms with Gasteiger partial charge in [0.2, 0.25) is 5.43 Å². The van der Waals surface area contributed by atoms with E-state index in [1.165, 1.54) is 16.9 Å². The first-order valence-electron chi connectivity index (χ1n) is 12.5. The van der Waals surface area contributed by atoms with Gasteiger partial charge in [0, 0.05) is 31.8 Å². The van der Waals surface area contributed by atoms with Gasteiger partial charge in [-0.1, -0.05) is 48.1 Å². The molecule has 1 saturated carbocycles. The predicted molar refractivity (Wildman–Crippen MR) is 139 cm³/mol. The van der Waals surface area contributed by atoms with Crippen LogP contribution in [0.5, 0.6) is 5.75 Å². The Bertz CT molecular complexity index is 1360. The number of nitrogens with zero attached hydrogens (tertiary/aromatic N) is 4. The summed E-state index contributed by atoms with van der Waals surface area (Å²) in [6, 6.07) is 7.90. The Morgan fingerprint density at radius 1 is 1.22 bits per heavy atom. The summed E-state index contributed by atoms with van der Waals surface area (Å²) in [5, 5.41) is 20.9. The van der Waals surface area contributed by atoms with Gasteiger partial charge in [0.1, 0.15) is 5.01 Å². The molecule has 36 heavy (non-hydrogen) atoms. The van der Waals surface area contributed by atoms with Gasteiger partial charge in [0.15, 0.2) is 16.5 Å². The largest absolute Gasteiger partial charge is 0.503 e. The van der Waals surface area contributed by atoms with Crippen LogP contribution in [0.4, 0.5) is 0 Å². The Morgan fingerprint density at radius 3 is 2.53 bits per heavy atom. The number of hydrogen-bond donors (Lipinski definition) is 1. The number of carbonyl (C=O) groups is 1. The van der Waals surface area contributed by atoms with Gasteiger partial charge >= 0.3 is 0 Å². The van der Waals surface area contributed by atoms with E-state index in [9.17, 15) is 14.7 Å². The van der Waals surface area contributed by atoms with Crippen molar-refractivity contribution in [2.45, 2.75) is 65.1 Å². The molecule has 3 heterocycles. The van der Waals surface area contributed by atoms with Crippen LogP contribution in [-0.2, 0) is 11.2 Å². The topological polar surface area (TPSA) is 97.6 Å². The fourth-order valence-corrected chi connectivity index (χ4v) is 6.20. The van der Waals surface area contributed by atoms with Gasteiger partial charge in [-0.25, -0.2) is 0 Å². The zero-order chi connectivity index (χ0) is 25.8. The van der Waals surface area contributed by atoms with Crippen molar-refractivity contribution < 1.29 is 14.6 Å². The Kier molecular flexibility index (Phi) is 6.24. The average molecular weight is 509 g/mol. The molecule has 190 valence electrons. The van der Waals surface area contributed by atoms with Crippen LogP contribution < -0.4 is 5.43 Å². The summed E-state index contributed by atoms with van der Waals surface area (Å²) in [4.78, 5) is 28.4. The summed E-state index contributed by atoms with van der Waals surface area (Å²) in [6.45, 7) is 11.0. The zero-order valence-electron chi connectivity index (χ0n) is 21.3. The van der Waals surface area contributed by atoms with Crippen molar-refractivity contribution in [3.05, 3.63) is 62.5 Å². The molecule has 1 aliphatic heterocycles. The van der Waals surface area contributed by atoms with E-state index in [1.807, 2.05) is 27.7 Å². The number of ether oxygens (including phenoxy) is 1. The molecule has 1 amide bonds. The number of amides is 1. The zero-order valence-corrected chi connectivity index (χ0v) is 22.1. The molecule has 3 atom stereocenters. The first kappa shape index (κ1) is 24.6. The molecular formula is C27H32N4O4S. The summed E-state index contributed by atoms with van der Waals surface area (Å²) in [5.74, 6) is -0.590. The second-order valence-corrected chi connectivity index (χ2v) is 11.3. The van der Waals surface area contributed by atoms with Crippen LogP contribution in [0.3, 0.4) is 0 Å². The second-order valence-electron chi connectivity index (χ2n) is 10.2. The third-order valence-electron chi connectivity index (χ3n) is 7.45. The van der Waals surface area contributed by atoms with Crippen LogP contribution in [-0.4, -0.2) is 55.5 Å². The lowest BCUT2D eigenvalue weighted by atomic mass is 9.99. The molecule has 0 saturated heterocycles. The van der Waals surface area contributed by atoms with E-state index in [0.717, 1.165) is 17.0 Å². The van der Waals surface area contributed by atoms with E-state index in [1.54, 1.807) is 15.7 Å². The molecule has 8 nitrogen and oxygen atoms in total. The molecular weight excluding hydrogens is 476 g/mol. The van der Waals surface area contributed by atoms with Gasteiger partial charge in [-0.05, 0) is 45.6 Å². The van der Waals surface area contributed by atoms with Crippen LogP contribution in [0.2, 0.25) is 0 Å². The van der Waals surface area contributed by atoms with Crippen molar-refractivity contribution in [1.82, 2.24) is 19.7 Å². The molecule has 1 N–H and O–H groups in total. The molecule has 5 rings (SSSR count). The highest BCUT2D eigenvalue weighted by Crippen LogP contribution is 2.55. The first-order chi connectivity index (χ1) is 17.2. The Hall–Kier alpha value is -3.04. The summed E-state index contributed by atoms with van der Waals surface area (Å²) in [7, 11) is 0. The van der Waals surface area contributed by atoms with Gasteiger partial charge < -0.3 is 19.3 Å². The average Bonchev–Trinajstić information content (AvgIpc) is 3.26. The Morgan fingerprint density at radius 2 is 1.92 bits per heavy atom. The molecule has 9 heteroatoms. The predicted octanol–water partition coefficient (Wildman–Crippen LogP) is 4.19. The van der Waals surface area contributed by atoms with E-state index in [0.29, 0.717) is 30.5 Å². The fourth-order valence-electron chi connectivity index (χ4n) is 5.32. The number of aromatic nitrogens is 3. The summed E-state index contributed by atoms with van der Waals surface area (Å²) >= 11 is 1.33. The Labute approximate surface area is 214 Å². The van der Waals surface area contributed by atoms with Crippen LogP contribution in [0.25, 0.3) is 10.6 Å². The maximum Gasteiger partial charge on any atom is 0.274 e. The maximum absolute atomic E-state index is 13.4. The molecule has 1 aliphatic carbocycles. The van der Waals surface area contributed by atoms with Crippen molar-refractivity contribution in [3.63, 3.8) is 0 Å². The van der Waals surface area contributed by atoms with Crippen LogP contribution in [0.15, 0.2) is 35.3 Å². The summed E-state index contributed by atoms with van der Waals surface area (Å²) in [5.41, 5.74) is 1.51. The molecule has 0 spiro atoms. The van der Waals surface area contributed by atoms with E-state index < -0.39 is 16.8 Å². The highest BCUT2D eigenvalue weighted by Gasteiger charge is 2.60. The van der Waals surface area contributed by atoms with E-state index in [2.05, 4.69) is 41.4 Å². The van der Waals surface area contributed by atoms with Crippen molar-refractivity contribution >= 4 is 17.2 Å². The van der Waals surface area contributed by atoms with Crippen molar-refractivity contribution in [2.24, 2.45) is 5.92 Å². The highest BCUT2D eigenvalue weighted by atomic mass is 32.1. The molecule has 0 bridgehead atoms. The van der Waals surface area contributed by atoms with Crippen molar-refractivity contribution in [1.29, 1.82) is 0 Å². The smallest absolute Gasteiger partial charge is 0.274 e. The van der Waals surface area contributed by atoms with Gasteiger partial charge in [-0.3, -0.25) is 9.59 Å². The van der Waals surface area contributed by atoms with Crippen molar-refractivity contribution in [2.75, 3.05) is 13.2 Å². The van der Waals surface area contributed by atoms with Gasteiger partial charge in [0.05, 0.1) is 17.2 Å². The van der Waals surface area contributed by atoms with Crippen LogP contribution in [0, 0.1) is 12.8 Å². The van der Waals surface area contributed by atoms with Crippen LogP contribution >= 0.6 is 11.3 Å². The van der Waals surface area contributed by atoms with E-state index >= 15 is 0 Å². The lowest BCUT2D eigenvalue weighted by Gasteiger charge is -2.42. The summed E-state index contributed by atoms with van der Waals surface area (Å²) < 4.78 is 8.03. The van der Waals surface area contributed by atoms with Gasteiger partial charge in [-0.2, -0.15) is 0 Å². The number of carbonyl (C=O) groups excluding carboxylic acids is 1.